The monoisotopic (exact) mass is 434 g/mol. The number of hydrogen-bond acceptors (Lipinski definition) is 7. The molecule has 0 aromatic heterocycles. The number of ketones is 2. The van der Waals surface area contributed by atoms with Gasteiger partial charge in [-0.2, -0.15) is 0 Å². The van der Waals surface area contributed by atoms with Gasteiger partial charge < -0.3 is 19.7 Å². The summed E-state index contributed by atoms with van der Waals surface area (Å²) in [6.07, 6.45) is 5.36. The second kappa shape index (κ2) is 7.78. The summed E-state index contributed by atoms with van der Waals surface area (Å²) in [4.78, 5) is 37.5. The molecule has 0 amide bonds. The maximum absolute atomic E-state index is 13.0. The molecule has 0 bridgehead atoms. The third kappa shape index (κ3) is 3.15. The molecule has 7 atom stereocenters. The number of rotatable bonds is 5. The Labute approximate surface area is 183 Å². The molecule has 2 N–H and O–H groups in total. The molecule has 0 aromatic carbocycles. The van der Waals surface area contributed by atoms with Gasteiger partial charge in [-0.05, 0) is 67.8 Å². The molecule has 0 aromatic rings. The summed E-state index contributed by atoms with van der Waals surface area (Å²) >= 11 is 0. The van der Waals surface area contributed by atoms with E-state index in [9.17, 15) is 24.6 Å². The van der Waals surface area contributed by atoms with Crippen molar-refractivity contribution >= 4 is 17.5 Å². The summed E-state index contributed by atoms with van der Waals surface area (Å²) in [6, 6.07) is 0. The smallest absolute Gasteiger partial charge is 0.333 e. The number of carbonyl (C=O) groups excluding carboxylic acids is 3. The highest BCUT2D eigenvalue weighted by molar-refractivity contribution is 5.92. The van der Waals surface area contributed by atoms with Gasteiger partial charge in [0.1, 0.15) is 13.2 Å². The maximum Gasteiger partial charge on any atom is 0.333 e. The quantitative estimate of drug-likeness (QED) is 0.637. The van der Waals surface area contributed by atoms with Crippen molar-refractivity contribution < 1.29 is 34.1 Å². The summed E-state index contributed by atoms with van der Waals surface area (Å²) in [7, 11) is 1.39. The highest BCUT2D eigenvalue weighted by atomic mass is 16.6. The Morgan fingerprint density at radius 1 is 1.19 bits per heavy atom. The summed E-state index contributed by atoms with van der Waals surface area (Å²) in [5.74, 6) is -0.706. The average molecular weight is 435 g/mol. The number of Topliss-reactive ketones (excluding diaryl/α,β-unsaturated/α-hetero) is 1. The normalized spacial score (nSPS) is 44.0. The van der Waals surface area contributed by atoms with Crippen molar-refractivity contribution in [3.8, 4) is 0 Å². The minimum absolute atomic E-state index is 0.00776. The maximum atomic E-state index is 13.0. The van der Waals surface area contributed by atoms with E-state index in [0.29, 0.717) is 25.7 Å². The number of esters is 1. The topological polar surface area (TPSA) is 110 Å². The molecule has 4 aliphatic rings. The number of allylic oxidation sites excluding steroid dienone is 1. The van der Waals surface area contributed by atoms with Crippen LogP contribution in [0.4, 0.5) is 0 Å². The Hall–Kier alpha value is -1.57. The summed E-state index contributed by atoms with van der Waals surface area (Å²) in [6.45, 7) is 3.14. The molecule has 172 valence electrons. The Morgan fingerprint density at radius 3 is 2.61 bits per heavy atom. The zero-order valence-electron chi connectivity index (χ0n) is 18.7. The van der Waals surface area contributed by atoms with Gasteiger partial charge in [-0.15, -0.1) is 0 Å². The van der Waals surface area contributed by atoms with Gasteiger partial charge in [0.15, 0.2) is 11.4 Å². The molecule has 0 aliphatic heterocycles. The second-order valence-corrected chi connectivity index (χ2v) is 10.4. The van der Waals surface area contributed by atoms with Crippen molar-refractivity contribution in [1.29, 1.82) is 0 Å². The average Bonchev–Trinajstić information content (AvgIpc) is 3.00. The molecule has 0 saturated heterocycles. The van der Waals surface area contributed by atoms with Crippen LogP contribution in [0.3, 0.4) is 0 Å². The first-order valence-electron chi connectivity index (χ1n) is 11.4. The molecule has 7 heteroatoms. The fourth-order valence-electron chi connectivity index (χ4n) is 7.83. The number of hydrogen-bond donors (Lipinski definition) is 2. The lowest BCUT2D eigenvalue weighted by molar-refractivity contribution is -0.204. The standard InChI is InChI=1S/C24H34O7/c1-22-8-6-15(26)10-14(22)4-5-16-17-7-9-24(19(28)12-25,31-20(29)13-30-3)23(17,2)11-18(27)21(16)22/h10,16-18,21,25,27H,4-9,11-13H2,1-3H3/t16-,17-,18-,21+,22-,23-,24-/m0/s1. The van der Waals surface area contributed by atoms with Crippen LogP contribution in [0.2, 0.25) is 0 Å². The minimum Gasteiger partial charge on any atom is -0.449 e. The predicted molar refractivity (Wildman–Crippen MR) is 111 cm³/mol. The molecule has 0 unspecified atom stereocenters. The Bertz CT molecular complexity index is 819. The predicted octanol–water partition coefficient (Wildman–Crippen LogP) is 1.98. The lowest BCUT2D eigenvalue weighted by Crippen LogP contribution is -2.63. The molecule has 0 radical (unpaired) electrons. The molecule has 0 spiro atoms. The highest BCUT2D eigenvalue weighted by Crippen LogP contribution is 2.68. The van der Waals surface area contributed by atoms with Crippen molar-refractivity contribution in [2.24, 2.45) is 28.6 Å². The first-order chi connectivity index (χ1) is 14.6. The lowest BCUT2D eigenvalue weighted by Gasteiger charge is -2.60. The summed E-state index contributed by atoms with van der Waals surface area (Å²) in [5.41, 5.74) is -1.29. The number of aliphatic hydroxyl groups excluding tert-OH is 2. The van der Waals surface area contributed by atoms with Gasteiger partial charge in [0.25, 0.3) is 0 Å². The van der Waals surface area contributed by atoms with E-state index in [2.05, 4.69) is 6.92 Å². The van der Waals surface area contributed by atoms with Gasteiger partial charge in [0, 0.05) is 18.9 Å². The highest BCUT2D eigenvalue weighted by Gasteiger charge is 2.70. The van der Waals surface area contributed by atoms with Gasteiger partial charge in [-0.3, -0.25) is 9.59 Å². The number of fused-ring (bicyclic) bond motifs is 5. The van der Waals surface area contributed by atoms with E-state index in [-0.39, 0.29) is 35.6 Å². The van der Waals surface area contributed by atoms with Crippen LogP contribution in [-0.2, 0) is 23.9 Å². The fourth-order valence-corrected chi connectivity index (χ4v) is 7.83. The number of aliphatic hydroxyl groups is 2. The van der Waals surface area contributed by atoms with Crippen molar-refractivity contribution in [3.05, 3.63) is 11.6 Å². The fraction of sp³-hybridized carbons (Fsp3) is 0.792. The third-order valence-corrected chi connectivity index (χ3v) is 9.16. The first kappa shape index (κ1) is 22.6. The van der Waals surface area contributed by atoms with Crippen LogP contribution in [0.5, 0.6) is 0 Å². The molecule has 3 saturated carbocycles. The zero-order valence-corrected chi connectivity index (χ0v) is 18.7. The number of methoxy groups -OCH3 is 1. The SMILES string of the molecule is COCC(=O)O[C@]1(C(=O)CO)CC[C@H]2[C@@H]3CCC4=CC(=O)CC[C@]4(C)[C@H]3[C@@H](O)C[C@@]21C. The third-order valence-electron chi connectivity index (χ3n) is 9.16. The summed E-state index contributed by atoms with van der Waals surface area (Å²) < 4.78 is 10.7. The van der Waals surface area contributed by atoms with Crippen LogP contribution >= 0.6 is 0 Å². The van der Waals surface area contributed by atoms with Crippen molar-refractivity contribution in [1.82, 2.24) is 0 Å². The Kier molecular flexibility index (Phi) is 5.68. The van der Waals surface area contributed by atoms with E-state index in [1.54, 1.807) is 6.08 Å². The van der Waals surface area contributed by atoms with Gasteiger partial charge in [0.05, 0.1) is 6.10 Å². The molecule has 31 heavy (non-hydrogen) atoms. The molecule has 4 aliphatic carbocycles. The summed E-state index contributed by atoms with van der Waals surface area (Å²) in [5, 5.41) is 21.2. The van der Waals surface area contributed by atoms with E-state index >= 15 is 0 Å². The second-order valence-electron chi connectivity index (χ2n) is 10.4. The van der Waals surface area contributed by atoms with Crippen LogP contribution in [0.15, 0.2) is 11.6 Å². The van der Waals surface area contributed by atoms with Crippen molar-refractivity contribution in [3.63, 3.8) is 0 Å². The van der Waals surface area contributed by atoms with Crippen molar-refractivity contribution in [2.75, 3.05) is 20.3 Å². The number of carbonyl (C=O) groups is 3. The van der Waals surface area contributed by atoms with E-state index in [1.807, 2.05) is 6.92 Å². The van der Waals surface area contributed by atoms with Crippen LogP contribution < -0.4 is 0 Å². The van der Waals surface area contributed by atoms with E-state index < -0.39 is 35.5 Å². The Morgan fingerprint density at radius 2 is 1.94 bits per heavy atom. The molecular formula is C24H34O7. The van der Waals surface area contributed by atoms with Gasteiger partial charge in [0.2, 0.25) is 5.78 Å². The van der Waals surface area contributed by atoms with Crippen LogP contribution in [0.1, 0.15) is 58.8 Å². The van der Waals surface area contributed by atoms with Gasteiger partial charge in [-0.1, -0.05) is 19.4 Å². The number of ether oxygens (including phenoxy) is 2. The van der Waals surface area contributed by atoms with Crippen LogP contribution in [0, 0.1) is 28.6 Å². The first-order valence-corrected chi connectivity index (χ1v) is 11.4. The van der Waals surface area contributed by atoms with Crippen molar-refractivity contribution in [2.45, 2.75) is 70.5 Å². The zero-order chi connectivity index (χ0) is 22.6. The molecule has 0 heterocycles. The Balaban J connectivity index is 1.73. The van der Waals surface area contributed by atoms with Crippen LogP contribution in [-0.4, -0.2) is 59.8 Å². The molecule has 3 fully saturated rings. The van der Waals surface area contributed by atoms with E-state index in [0.717, 1.165) is 24.8 Å². The van der Waals surface area contributed by atoms with Crippen LogP contribution in [0.25, 0.3) is 0 Å². The molecule has 7 nitrogen and oxygen atoms in total. The van der Waals surface area contributed by atoms with Gasteiger partial charge in [-0.25, -0.2) is 4.79 Å². The van der Waals surface area contributed by atoms with E-state index in [4.69, 9.17) is 9.47 Å². The lowest BCUT2D eigenvalue weighted by atomic mass is 9.45. The largest absolute Gasteiger partial charge is 0.449 e. The minimum atomic E-state index is -1.45. The molecular weight excluding hydrogens is 400 g/mol. The van der Waals surface area contributed by atoms with E-state index in [1.165, 1.54) is 7.11 Å². The van der Waals surface area contributed by atoms with Gasteiger partial charge >= 0.3 is 5.97 Å². The molecule has 4 rings (SSSR count).